The van der Waals surface area contributed by atoms with Crippen molar-refractivity contribution in [3.05, 3.63) is 28.3 Å². The molecule has 1 aliphatic rings. The molecule has 150 valence electrons. The van der Waals surface area contributed by atoms with E-state index in [-0.39, 0.29) is 28.8 Å². The summed E-state index contributed by atoms with van der Waals surface area (Å²) < 4.78 is 31.8. The normalized spacial score (nSPS) is 21.0. The van der Waals surface area contributed by atoms with Crippen molar-refractivity contribution >= 4 is 33.4 Å². The number of hydrogen-bond acceptors (Lipinski definition) is 7. The van der Waals surface area contributed by atoms with Crippen molar-refractivity contribution in [1.82, 2.24) is 4.31 Å². The van der Waals surface area contributed by atoms with Crippen LogP contribution in [0.2, 0.25) is 0 Å². The Hall–Kier alpha value is -1.65. The van der Waals surface area contributed by atoms with Gasteiger partial charge in [0.05, 0.1) is 28.2 Å². The third kappa shape index (κ3) is 5.43. The monoisotopic (exact) mass is 416 g/mol. The molecule has 0 radical (unpaired) electrons. The van der Waals surface area contributed by atoms with E-state index in [0.29, 0.717) is 23.7 Å². The van der Waals surface area contributed by atoms with E-state index in [1.807, 2.05) is 13.8 Å². The van der Waals surface area contributed by atoms with Crippen molar-refractivity contribution in [2.24, 2.45) is 11.8 Å². The van der Waals surface area contributed by atoms with E-state index < -0.39 is 20.9 Å². The van der Waals surface area contributed by atoms with E-state index in [0.717, 1.165) is 24.2 Å². The maximum absolute atomic E-state index is 12.9. The van der Waals surface area contributed by atoms with Crippen LogP contribution in [0.1, 0.15) is 26.7 Å². The molecule has 27 heavy (non-hydrogen) atoms. The van der Waals surface area contributed by atoms with Crippen LogP contribution in [-0.2, 0) is 19.6 Å². The maximum Gasteiger partial charge on any atom is 0.306 e. The first kappa shape index (κ1) is 21.6. The minimum atomic E-state index is -3.79. The molecule has 0 bridgehead atoms. The van der Waals surface area contributed by atoms with Crippen LogP contribution in [-0.4, -0.2) is 49.6 Å². The van der Waals surface area contributed by atoms with Crippen LogP contribution < -0.4 is 0 Å². The molecule has 8 nitrogen and oxygen atoms in total. The molecule has 1 aliphatic heterocycles. The van der Waals surface area contributed by atoms with Crippen molar-refractivity contribution in [1.29, 1.82) is 0 Å². The number of carbonyl (C=O) groups excluding carboxylic acids is 1. The van der Waals surface area contributed by atoms with Crippen LogP contribution in [0.4, 0.5) is 5.69 Å². The smallest absolute Gasteiger partial charge is 0.306 e. The number of hydrogen-bond donors (Lipinski definition) is 0. The Kier molecular flexibility index (Phi) is 7.24. The third-order valence-electron chi connectivity index (χ3n) is 4.39. The van der Waals surface area contributed by atoms with Crippen LogP contribution in [0.15, 0.2) is 28.0 Å². The molecule has 0 aromatic heterocycles. The Balaban J connectivity index is 2.26. The number of methoxy groups -OCH3 is 1. The minimum Gasteiger partial charge on any atom is -0.469 e. The number of benzene rings is 1. The highest BCUT2D eigenvalue weighted by Gasteiger charge is 2.33. The van der Waals surface area contributed by atoms with Gasteiger partial charge in [-0.05, 0) is 30.4 Å². The van der Waals surface area contributed by atoms with Crippen LogP contribution in [0.25, 0.3) is 0 Å². The molecule has 0 saturated carbocycles. The van der Waals surface area contributed by atoms with E-state index in [2.05, 4.69) is 4.74 Å². The molecule has 10 heteroatoms. The van der Waals surface area contributed by atoms with Crippen LogP contribution in [0, 0.1) is 22.0 Å². The number of nitro benzene ring substituents is 1. The highest BCUT2D eigenvalue weighted by atomic mass is 32.2. The molecule has 1 aromatic rings. The SMILES string of the molecule is COC(=O)CCSc1ccc(S(=O)(=O)N2C[C@H](C)C[C@@H](C)C2)cc1[N+](=O)[O-]. The fourth-order valence-electron chi connectivity index (χ4n) is 3.22. The van der Waals surface area contributed by atoms with Gasteiger partial charge in [-0.15, -0.1) is 11.8 Å². The molecule has 0 unspecified atom stereocenters. The van der Waals surface area contributed by atoms with Gasteiger partial charge in [0.1, 0.15) is 0 Å². The first-order chi connectivity index (χ1) is 12.6. The number of piperidine rings is 1. The topological polar surface area (TPSA) is 107 Å². The zero-order valence-electron chi connectivity index (χ0n) is 15.6. The van der Waals surface area contributed by atoms with Crippen molar-refractivity contribution in [2.75, 3.05) is 26.0 Å². The van der Waals surface area contributed by atoms with Crippen LogP contribution in [0.5, 0.6) is 0 Å². The molecule has 0 amide bonds. The molecular weight excluding hydrogens is 392 g/mol. The van der Waals surface area contributed by atoms with Crippen molar-refractivity contribution in [2.45, 2.75) is 36.5 Å². The van der Waals surface area contributed by atoms with Gasteiger partial charge in [0.15, 0.2) is 0 Å². The van der Waals surface area contributed by atoms with Crippen molar-refractivity contribution in [3.8, 4) is 0 Å². The summed E-state index contributed by atoms with van der Waals surface area (Å²) in [6.07, 6.45) is 1.07. The maximum atomic E-state index is 12.9. The van der Waals surface area contributed by atoms with Gasteiger partial charge < -0.3 is 4.74 Å². The Bertz CT molecular complexity index is 802. The van der Waals surface area contributed by atoms with E-state index in [1.165, 1.54) is 23.5 Å². The first-order valence-electron chi connectivity index (χ1n) is 8.63. The zero-order valence-corrected chi connectivity index (χ0v) is 17.2. The number of sulfonamides is 1. The van der Waals surface area contributed by atoms with Gasteiger partial charge in [-0.2, -0.15) is 4.31 Å². The average molecular weight is 417 g/mol. The predicted molar refractivity (Wildman–Crippen MR) is 102 cm³/mol. The molecule has 0 N–H and O–H groups in total. The second-order valence-electron chi connectivity index (χ2n) is 6.83. The summed E-state index contributed by atoms with van der Waals surface area (Å²) in [5.41, 5.74) is -0.274. The molecule has 1 heterocycles. The first-order valence-corrected chi connectivity index (χ1v) is 11.1. The average Bonchev–Trinajstić information content (AvgIpc) is 2.60. The number of esters is 1. The summed E-state index contributed by atoms with van der Waals surface area (Å²) in [6.45, 7) is 4.83. The van der Waals surface area contributed by atoms with Gasteiger partial charge >= 0.3 is 5.97 Å². The number of nitrogens with zero attached hydrogens (tertiary/aromatic N) is 2. The molecular formula is C17H24N2O6S2. The number of thioether (sulfide) groups is 1. The zero-order chi connectivity index (χ0) is 20.2. The van der Waals surface area contributed by atoms with Gasteiger partial charge in [-0.3, -0.25) is 14.9 Å². The highest BCUT2D eigenvalue weighted by Crippen LogP contribution is 2.34. The fraction of sp³-hybridized carbons (Fsp3) is 0.588. The van der Waals surface area contributed by atoms with Crippen molar-refractivity contribution in [3.63, 3.8) is 0 Å². The van der Waals surface area contributed by atoms with Gasteiger partial charge in [-0.1, -0.05) is 13.8 Å². The van der Waals surface area contributed by atoms with E-state index in [1.54, 1.807) is 0 Å². The molecule has 2 atom stereocenters. The molecule has 0 aliphatic carbocycles. The van der Waals surface area contributed by atoms with E-state index >= 15 is 0 Å². The minimum absolute atomic E-state index is 0.0761. The lowest BCUT2D eigenvalue weighted by Gasteiger charge is -2.34. The summed E-state index contributed by atoms with van der Waals surface area (Å²) in [7, 11) is -2.52. The number of carbonyl (C=O) groups is 1. The second kappa shape index (κ2) is 9.03. The Morgan fingerprint density at radius 2 is 1.96 bits per heavy atom. The lowest BCUT2D eigenvalue weighted by Crippen LogP contribution is -2.42. The summed E-state index contributed by atoms with van der Waals surface area (Å²) in [5.74, 6) is 0.386. The van der Waals surface area contributed by atoms with E-state index in [9.17, 15) is 23.3 Å². The summed E-state index contributed by atoms with van der Waals surface area (Å²) >= 11 is 1.12. The van der Waals surface area contributed by atoms with Gasteiger partial charge in [0, 0.05) is 24.9 Å². The quantitative estimate of drug-likeness (QED) is 0.291. The summed E-state index contributed by atoms with van der Waals surface area (Å²) in [6, 6.07) is 3.94. The van der Waals surface area contributed by atoms with Gasteiger partial charge in [0.2, 0.25) is 10.0 Å². The number of rotatable bonds is 7. The summed E-state index contributed by atoms with van der Waals surface area (Å²) in [4.78, 5) is 22.3. The van der Waals surface area contributed by atoms with Gasteiger partial charge in [0.25, 0.3) is 5.69 Å². The van der Waals surface area contributed by atoms with Crippen LogP contribution in [0.3, 0.4) is 0 Å². The van der Waals surface area contributed by atoms with Crippen LogP contribution >= 0.6 is 11.8 Å². The lowest BCUT2D eigenvalue weighted by atomic mass is 9.94. The standard InChI is InChI=1S/C17H24N2O6S2/c1-12-8-13(2)11-18(10-12)27(23,24)14-4-5-16(15(9-14)19(21)22)26-7-6-17(20)25-3/h4-5,9,12-13H,6-8,10-11H2,1-3H3/t12-,13-/m1/s1. The molecule has 1 fully saturated rings. The number of ether oxygens (including phenoxy) is 1. The largest absolute Gasteiger partial charge is 0.469 e. The lowest BCUT2D eigenvalue weighted by molar-refractivity contribution is -0.388. The fourth-order valence-corrected chi connectivity index (χ4v) is 5.85. The molecule has 0 spiro atoms. The predicted octanol–water partition coefficient (Wildman–Crippen LogP) is 2.92. The molecule has 1 aromatic carbocycles. The Labute approximate surface area is 163 Å². The van der Waals surface area contributed by atoms with Gasteiger partial charge in [-0.25, -0.2) is 8.42 Å². The molecule has 1 saturated heterocycles. The third-order valence-corrected chi connectivity index (χ3v) is 7.28. The number of nitro groups is 1. The second-order valence-corrected chi connectivity index (χ2v) is 9.90. The Morgan fingerprint density at radius 1 is 1.33 bits per heavy atom. The van der Waals surface area contributed by atoms with E-state index in [4.69, 9.17) is 0 Å². The summed E-state index contributed by atoms with van der Waals surface area (Å²) in [5, 5.41) is 11.4. The Morgan fingerprint density at radius 3 is 2.52 bits per heavy atom. The highest BCUT2D eigenvalue weighted by molar-refractivity contribution is 7.99. The van der Waals surface area contributed by atoms with Crippen molar-refractivity contribution < 1.29 is 22.9 Å². The molecule has 2 rings (SSSR count).